The van der Waals surface area contributed by atoms with Gasteiger partial charge in [0.15, 0.2) is 0 Å². The zero-order chi connectivity index (χ0) is 11.5. The Balaban J connectivity index is 2.07. The van der Waals surface area contributed by atoms with Crippen LogP contribution in [0.25, 0.3) is 0 Å². The van der Waals surface area contributed by atoms with Crippen molar-refractivity contribution in [3.63, 3.8) is 0 Å². The van der Waals surface area contributed by atoms with E-state index in [1.807, 2.05) is 0 Å². The SMILES string of the molecule is CC1CCCC(C)N1Nc1ccnc(F)c1. The number of nitrogens with one attached hydrogen (secondary N) is 1. The van der Waals surface area contributed by atoms with Crippen LogP contribution in [0.2, 0.25) is 0 Å². The van der Waals surface area contributed by atoms with E-state index >= 15 is 0 Å². The highest BCUT2D eigenvalue weighted by atomic mass is 19.1. The van der Waals surface area contributed by atoms with E-state index in [1.165, 1.54) is 31.5 Å². The molecule has 1 aromatic heterocycles. The van der Waals surface area contributed by atoms with Gasteiger partial charge < -0.3 is 5.43 Å². The highest BCUT2D eigenvalue weighted by Crippen LogP contribution is 2.23. The predicted molar refractivity (Wildman–Crippen MR) is 62.4 cm³/mol. The lowest BCUT2D eigenvalue weighted by Crippen LogP contribution is -2.47. The fourth-order valence-electron chi connectivity index (χ4n) is 2.26. The van der Waals surface area contributed by atoms with Crippen LogP contribution < -0.4 is 5.43 Å². The highest BCUT2D eigenvalue weighted by Gasteiger charge is 2.24. The summed E-state index contributed by atoms with van der Waals surface area (Å²) in [5.74, 6) is -0.442. The number of anilines is 1. The van der Waals surface area contributed by atoms with Gasteiger partial charge in [-0.2, -0.15) is 4.39 Å². The second kappa shape index (κ2) is 4.78. The van der Waals surface area contributed by atoms with Gasteiger partial charge in [0.25, 0.3) is 0 Å². The summed E-state index contributed by atoms with van der Waals surface area (Å²) >= 11 is 0. The molecule has 0 aromatic carbocycles. The second-order valence-corrected chi connectivity index (χ2v) is 4.52. The van der Waals surface area contributed by atoms with Gasteiger partial charge >= 0.3 is 0 Å². The number of piperidine rings is 1. The molecule has 2 atom stereocenters. The molecule has 0 amide bonds. The van der Waals surface area contributed by atoms with E-state index in [1.54, 1.807) is 6.07 Å². The Labute approximate surface area is 95.6 Å². The first kappa shape index (κ1) is 11.3. The molecule has 0 saturated carbocycles. The standard InChI is InChI=1S/C12H18FN3/c1-9-4-3-5-10(2)16(9)15-11-6-7-14-12(13)8-11/h6-10H,3-5H2,1-2H3,(H,14,15). The molecule has 0 radical (unpaired) electrons. The van der Waals surface area contributed by atoms with Gasteiger partial charge in [-0.05, 0) is 32.8 Å². The van der Waals surface area contributed by atoms with Crippen LogP contribution in [0.1, 0.15) is 33.1 Å². The summed E-state index contributed by atoms with van der Waals surface area (Å²) in [7, 11) is 0. The number of hydrogen-bond acceptors (Lipinski definition) is 3. The van der Waals surface area contributed by atoms with Crippen molar-refractivity contribution >= 4 is 5.69 Å². The van der Waals surface area contributed by atoms with Crippen molar-refractivity contribution in [3.8, 4) is 0 Å². The fourth-order valence-corrected chi connectivity index (χ4v) is 2.26. The lowest BCUT2D eigenvalue weighted by Gasteiger charge is -2.39. The van der Waals surface area contributed by atoms with Crippen LogP contribution in [-0.2, 0) is 0 Å². The Hall–Kier alpha value is -1.16. The summed E-state index contributed by atoms with van der Waals surface area (Å²) in [5.41, 5.74) is 4.05. The Morgan fingerprint density at radius 1 is 1.38 bits per heavy atom. The topological polar surface area (TPSA) is 28.2 Å². The van der Waals surface area contributed by atoms with Crippen LogP contribution >= 0.6 is 0 Å². The maximum atomic E-state index is 12.9. The lowest BCUT2D eigenvalue weighted by molar-refractivity contribution is 0.135. The summed E-state index contributed by atoms with van der Waals surface area (Å²) in [4.78, 5) is 3.55. The van der Waals surface area contributed by atoms with Gasteiger partial charge in [0.05, 0.1) is 5.69 Å². The molecule has 0 bridgehead atoms. The van der Waals surface area contributed by atoms with Crippen molar-refractivity contribution in [2.75, 3.05) is 5.43 Å². The number of aromatic nitrogens is 1. The third kappa shape index (κ3) is 2.50. The van der Waals surface area contributed by atoms with Crippen molar-refractivity contribution in [2.24, 2.45) is 0 Å². The Kier molecular flexibility index (Phi) is 3.39. The number of hydrazine groups is 1. The first-order valence-corrected chi connectivity index (χ1v) is 5.83. The van der Waals surface area contributed by atoms with E-state index < -0.39 is 5.95 Å². The van der Waals surface area contributed by atoms with E-state index in [4.69, 9.17) is 0 Å². The van der Waals surface area contributed by atoms with Gasteiger partial charge in [-0.15, -0.1) is 0 Å². The number of rotatable bonds is 2. The van der Waals surface area contributed by atoms with Crippen LogP contribution in [-0.4, -0.2) is 22.1 Å². The van der Waals surface area contributed by atoms with Crippen LogP contribution in [0.5, 0.6) is 0 Å². The third-order valence-corrected chi connectivity index (χ3v) is 3.18. The molecule has 0 aliphatic carbocycles. The maximum absolute atomic E-state index is 12.9. The average Bonchev–Trinajstić information content (AvgIpc) is 2.24. The van der Waals surface area contributed by atoms with Crippen molar-refractivity contribution < 1.29 is 4.39 Å². The van der Waals surface area contributed by atoms with Crippen LogP contribution in [0.15, 0.2) is 18.3 Å². The zero-order valence-corrected chi connectivity index (χ0v) is 9.78. The van der Waals surface area contributed by atoms with E-state index in [0.717, 1.165) is 5.69 Å². The molecule has 1 aromatic rings. The first-order chi connectivity index (χ1) is 7.66. The Morgan fingerprint density at radius 2 is 2.06 bits per heavy atom. The van der Waals surface area contributed by atoms with Crippen molar-refractivity contribution in [2.45, 2.75) is 45.2 Å². The molecule has 2 heterocycles. The van der Waals surface area contributed by atoms with Crippen LogP contribution in [0.4, 0.5) is 10.1 Å². The minimum Gasteiger partial charge on any atom is -0.318 e. The summed E-state index contributed by atoms with van der Waals surface area (Å²) in [5, 5.41) is 2.21. The summed E-state index contributed by atoms with van der Waals surface area (Å²) in [6, 6.07) is 4.19. The van der Waals surface area contributed by atoms with E-state index in [0.29, 0.717) is 12.1 Å². The van der Waals surface area contributed by atoms with Gasteiger partial charge in [0.2, 0.25) is 5.95 Å². The number of hydrogen-bond donors (Lipinski definition) is 1. The molecular formula is C12H18FN3. The fraction of sp³-hybridized carbons (Fsp3) is 0.583. The molecule has 1 saturated heterocycles. The van der Waals surface area contributed by atoms with Gasteiger partial charge in [-0.1, -0.05) is 6.42 Å². The number of halogens is 1. The molecule has 1 aliphatic heterocycles. The highest BCUT2D eigenvalue weighted by molar-refractivity contribution is 5.40. The largest absolute Gasteiger partial charge is 0.318 e. The quantitative estimate of drug-likeness (QED) is 0.781. The molecule has 1 fully saturated rings. The van der Waals surface area contributed by atoms with Crippen LogP contribution in [0, 0.1) is 5.95 Å². The first-order valence-electron chi connectivity index (χ1n) is 5.83. The van der Waals surface area contributed by atoms with Crippen molar-refractivity contribution in [3.05, 3.63) is 24.3 Å². The minimum absolute atomic E-state index is 0.442. The monoisotopic (exact) mass is 223 g/mol. The van der Waals surface area contributed by atoms with E-state index in [-0.39, 0.29) is 0 Å². The van der Waals surface area contributed by atoms with Gasteiger partial charge in [-0.3, -0.25) is 0 Å². The third-order valence-electron chi connectivity index (χ3n) is 3.18. The molecule has 2 unspecified atom stereocenters. The summed E-state index contributed by atoms with van der Waals surface area (Å²) < 4.78 is 12.9. The number of nitrogens with zero attached hydrogens (tertiary/aromatic N) is 2. The molecule has 1 N–H and O–H groups in total. The summed E-state index contributed by atoms with van der Waals surface area (Å²) in [6.07, 6.45) is 5.12. The smallest absolute Gasteiger partial charge is 0.214 e. The lowest BCUT2D eigenvalue weighted by atomic mass is 10.00. The van der Waals surface area contributed by atoms with E-state index in [2.05, 4.69) is 29.3 Å². The number of pyridine rings is 1. The van der Waals surface area contributed by atoms with Gasteiger partial charge in [0, 0.05) is 24.3 Å². The molecule has 4 heteroatoms. The average molecular weight is 223 g/mol. The Bertz CT molecular complexity index is 346. The second-order valence-electron chi connectivity index (χ2n) is 4.52. The van der Waals surface area contributed by atoms with Gasteiger partial charge in [0.1, 0.15) is 0 Å². The summed E-state index contributed by atoms with van der Waals surface area (Å²) in [6.45, 7) is 4.39. The van der Waals surface area contributed by atoms with Crippen LogP contribution in [0.3, 0.4) is 0 Å². The maximum Gasteiger partial charge on any atom is 0.214 e. The molecule has 2 rings (SSSR count). The molecule has 16 heavy (non-hydrogen) atoms. The molecular weight excluding hydrogens is 205 g/mol. The normalized spacial score (nSPS) is 26.7. The molecule has 1 aliphatic rings. The van der Waals surface area contributed by atoms with E-state index in [9.17, 15) is 4.39 Å². The van der Waals surface area contributed by atoms with Crippen molar-refractivity contribution in [1.29, 1.82) is 0 Å². The van der Waals surface area contributed by atoms with Crippen molar-refractivity contribution in [1.82, 2.24) is 9.99 Å². The molecule has 88 valence electrons. The molecule has 3 nitrogen and oxygen atoms in total. The Morgan fingerprint density at radius 3 is 2.69 bits per heavy atom. The zero-order valence-electron chi connectivity index (χ0n) is 9.78. The predicted octanol–water partition coefficient (Wildman–Crippen LogP) is 2.81. The molecule has 0 spiro atoms. The minimum atomic E-state index is -0.442. The van der Waals surface area contributed by atoms with Gasteiger partial charge in [-0.25, -0.2) is 9.99 Å².